The van der Waals surface area contributed by atoms with E-state index < -0.39 is 0 Å². The van der Waals surface area contributed by atoms with E-state index in [1.165, 1.54) is 32.1 Å². The highest BCUT2D eigenvalue weighted by Crippen LogP contribution is 2.68. The number of Topliss-reactive ketones (excluding diaryl/α,β-unsaturated/α-hetero) is 1. The number of hydrogen-bond acceptors (Lipinski definition) is 4. The zero-order valence-electron chi connectivity index (χ0n) is 22.4. The van der Waals surface area contributed by atoms with Gasteiger partial charge in [0.1, 0.15) is 5.78 Å². The van der Waals surface area contributed by atoms with Gasteiger partial charge in [0.15, 0.2) is 0 Å². The first-order chi connectivity index (χ1) is 15.5. The van der Waals surface area contributed by atoms with Crippen LogP contribution in [0.3, 0.4) is 0 Å². The molecule has 4 aliphatic carbocycles. The number of fused-ring (bicyclic) bond motifs is 5. The third kappa shape index (κ3) is 4.48. The van der Waals surface area contributed by atoms with Gasteiger partial charge in [0, 0.05) is 23.2 Å². The van der Waals surface area contributed by atoms with E-state index in [0.717, 1.165) is 25.7 Å². The summed E-state index contributed by atoms with van der Waals surface area (Å²) in [6, 6.07) is 0. The lowest BCUT2D eigenvalue weighted by atomic mass is 9.42. The van der Waals surface area contributed by atoms with Crippen molar-refractivity contribution in [3.8, 4) is 0 Å². The van der Waals surface area contributed by atoms with Crippen LogP contribution in [0, 0.1) is 52.3 Å². The molecule has 1 N–H and O–H groups in total. The summed E-state index contributed by atoms with van der Waals surface area (Å²) in [7, 11) is 0. The van der Waals surface area contributed by atoms with Crippen molar-refractivity contribution in [2.24, 2.45) is 52.3 Å². The van der Waals surface area contributed by atoms with Gasteiger partial charge in [0.05, 0.1) is 6.10 Å². The Kier molecular flexibility index (Phi) is 7.43. The topological polar surface area (TPSA) is 46.5 Å². The molecule has 190 valence electrons. The van der Waals surface area contributed by atoms with Gasteiger partial charge in [-0.2, -0.15) is 0 Å². The molecule has 0 heterocycles. The summed E-state index contributed by atoms with van der Waals surface area (Å²) in [5.41, 5.74) is 0.554. The zero-order chi connectivity index (χ0) is 24.2. The summed E-state index contributed by atoms with van der Waals surface area (Å²) in [6.45, 7) is 16.6. The molecule has 0 saturated heterocycles. The lowest BCUT2D eigenvalue weighted by molar-refractivity contribution is -0.172. The third-order valence-electron chi connectivity index (χ3n) is 10.9. The first-order valence-electron chi connectivity index (χ1n) is 13.9. The monoisotopic (exact) mass is 478 g/mol. The summed E-state index contributed by atoms with van der Waals surface area (Å²) < 4.78 is 6.45. The number of carbonyl (C=O) groups excluding carboxylic acids is 1. The Hall–Kier alpha value is -0.0600. The molecular weight excluding hydrogens is 428 g/mol. The van der Waals surface area contributed by atoms with E-state index in [9.17, 15) is 9.90 Å². The molecule has 0 aromatic carbocycles. The molecule has 4 rings (SSSR count). The van der Waals surface area contributed by atoms with Crippen LogP contribution in [0.25, 0.3) is 0 Å². The number of ketones is 1. The quantitative estimate of drug-likeness (QED) is 0.407. The molecule has 3 nitrogen and oxygen atoms in total. The number of hydrogen-bond donors (Lipinski definition) is 1. The van der Waals surface area contributed by atoms with Crippen LogP contribution >= 0.6 is 12.0 Å². The van der Waals surface area contributed by atoms with Crippen molar-refractivity contribution >= 4 is 17.8 Å². The van der Waals surface area contributed by atoms with Crippen molar-refractivity contribution < 1.29 is 14.1 Å². The lowest BCUT2D eigenvalue weighted by Gasteiger charge is -2.62. The molecule has 4 heteroatoms. The summed E-state index contributed by atoms with van der Waals surface area (Å²) in [5.74, 6) is 3.88. The van der Waals surface area contributed by atoms with Crippen LogP contribution < -0.4 is 0 Å². The van der Waals surface area contributed by atoms with E-state index in [1.54, 1.807) is 12.0 Å². The summed E-state index contributed by atoms with van der Waals surface area (Å²) in [5, 5.41) is 9.57. The third-order valence-corrected chi connectivity index (χ3v) is 11.8. The molecule has 0 spiro atoms. The Morgan fingerprint density at radius 2 is 1.73 bits per heavy atom. The zero-order valence-corrected chi connectivity index (χ0v) is 23.2. The van der Waals surface area contributed by atoms with Gasteiger partial charge >= 0.3 is 0 Å². The summed E-state index contributed by atoms with van der Waals surface area (Å²) >= 11 is 1.63. The second-order valence-corrected chi connectivity index (χ2v) is 15.3. The SMILES string of the molecule is CC[C@H]1C(=O)C2C3CC[C@H]([C@H](C)CCO)[C@@]3(C)CCC2[C@@]2(C)CC[C@@H](OSC(C)(C)C)C[C@@H]12. The molecule has 0 bridgehead atoms. The molecule has 4 saturated carbocycles. The fraction of sp³-hybridized carbons (Fsp3) is 0.966. The van der Waals surface area contributed by atoms with Crippen molar-refractivity contribution in [3.63, 3.8) is 0 Å². The molecule has 3 unspecified atom stereocenters. The summed E-state index contributed by atoms with van der Waals surface area (Å²) in [4.78, 5) is 14.2. The first-order valence-corrected chi connectivity index (χ1v) is 14.7. The van der Waals surface area contributed by atoms with Crippen molar-refractivity contribution in [1.82, 2.24) is 0 Å². The van der Waals surface area contributed by atoms with Gasteiger partial charge in [0.2, 0.25) is 0 Å². The maximum Gasteiger partial charge on any atom is 0.139 e. The van der Waals surface area contributed by atoms with E-state index in [-0.39, 0.29) is 40.1 Å². The highest BCUT2D eigenvalue weighted by atomic mass is 32.2. The number of rotatable bonds is 6. The lowest BCUT2D eigenvalue weighted by Crippen LogP contribution is -2.60. The van der Waals surface area contributed by atoms with Crippen LogP contribution in [0.15, 0.2) is 0 Å². The molecule has 0 aliphatic heterocycles. The minimum Gasteiger partial charge on any atom is -0.396 e. The number of aliphatic hydroxyl groups excluding tert-OH is 1. The largest absolute Gasteiger partial charge is 0.396 e. The second kappa shape index (κ2) is 9.43. The van der Waals surface area contributed by atoms with Crippen LogP contribution in [0.1, 0.15) is 106 Å². The minimum atomic E-state index is 0.110. The second-order valence-electron chi connectivity index (χ2n) is 13.7. The van der Waals surface area contributed by atoms with E-state index in [2.05, 4.69) is 48.5 Å². The van der Waals surface area contributed by atoms with E-state index in [4.69, 9.17) is 4.18 Å². The van der Waals surface area contributed by atoms with Gasteiger partial charge < -0.3 is 9.29 Å². The van der Waals surface area contributed by atoms with Crippen LogP contribution in [0.2, 0.25) is 0 Å². The molecule has 0 radical (unpaired) electrons. The Morgan fingerprint density at radius 1 is 1.06 bits per heavy atom. The van der Waals surface area contributed by atoms with Crippen molar-refractivity contribution in [2.45, 2.75) is 117 Å². The van der Waals surface area contributed by atoms with Crippen LogP contribution in [-0.2, 0) is 8.98 Å². The Morgan fingerprint density at radius 3 is 2.36 bits per heavy atom. The standard InChI is InChI=1S/C29H50O3S/c1-8-20-24-17-19(32-33-27(3,4)5)11-14-29(24,7)23-12-15-28(6)21(18(2)13-16-30)9-10-22(28)25(23)26(20)31/h18-25,30H,8-17H2,1-7H3/t18-,19-,20-,21-,22?,23?,24+,25?,28-,29-/m1/s1. The Balaban J connectivity index is 1.58. The summed E-state index contributed by atoms with van der Waals surface area (Å²) in [6.07, 6.45) is 10.5. The fourth-order valence-corrected chi connectivity index (χ4v) is 9.90. The van der Waals surface area contributed by atoms with Crippen LogP contribution in [-0.4, -0.2) is 28.3 Å². The average molecular weight is 479 g/mol. The first kappa shape index (κ1) is 26.0. The molecule has 0 aromatic rings. The minimum absolute atomic E-state index is 0.110. The predicted octanol–water partition coefficient (Wildman–Crippen LogP) is 7.31. The highest BCUT2D eigenvalue weighted by molar-refractivity contribution is 7.96. The molecule has 4 aliphatic rings. The predicted molar refractivity (Wildman–Crippen MR) is 138 cm³/mol. The number of aliphatic hydroxyl groups is 1. The van der Waals surface area contributed by atoms with Crippen molar-refractivity contribution in [1.29, 1.82) is 0 Å². The smallest absolute Gasteiger partial charge is 0.139 e. The van der Waals surface area contributed by atoms with Gasteiger partial charge in [-0.25, -0.2) is 0 Å². The normalized spacial score (nSPS) is 46.4. The Bertz CT molecular complexity index is 716. The maximum atomic E-state index is 14.2. The average Bonchev–Trinajstić information content (AvgIpc) is 3.10. The molecule has 10 atom stereocenters. The highest BCUT2D eigenvalue weighted by Gasteiger charge is 2.65. The van der Waals surface area contributed by atoms with Crippen LogP contribution in [0.4, 0.5) is 0 Å². The van der Waals surface area contributed by atoms with E-state index in [1.807, 2.05) is 0 Å². The fourth-order valence-electron chi connectivity index (χ4n) is 9.30. The van der Waals surface area contributed by atoms with Gasteiger partial charge in [-0.15, -0.1) is 0 Å². The molecular formula is C29H50O3S. The molecule has 33 heavy (non-hydrogen) atoms. The van der Waals surface area contributed by atoms with Gasteiger partial charge in [-0.3, -0.25) is 4.79 Å². The van der Waals surface area contributed by atoms with E-state index in [0.29, 0.717) is 35.4 Å². The van der Waals surface area contributed by atoms with Gasteiger partial charge in [-0.1, -0.05) is 27.7 Å². The van der Waals surface area contributed by atoms with Gasteiger partial charge in [-0.05, 0) is 131 Å². The molecule has 0 amide bonds. The Labute approximate surface area is 207 Å². The van der Waals surface area contributed by atoms with Crippen molar-refractivity contribution in [3.05, 3.63) is 0 Å². The van der Waals surface area contributed by atoms with E-state index >= 15 is 0 Å². The molecule has 4 fully saturated rings. The maximum absolute atomic E-state index is 14.2. The van der Waals surface area contributed by atoms with Crippen molar-refractivity contribution in [2.75, 3.05) is 6.61 Å². The number of carbonyl (C=O) groups is 1. The van der Waals surface area contributed by atoms with Gasteiger partial charge in [0.25, 0.3) is 0 Å². The molecule has 0 aromatic heterocycles. The van der Waals surface area contributed by atoms with Crippen LogP contribution in [0.5, 0.6) is 0 Å².